The highest BCUT2D eigenvalue weighted by Gasteiger charge is 2.14. The predicted molar refractivity (Wildman–Crippen MR) is 69.6 cm³/mol. The summed E-state index contributed by atoms with van der Waals surface area (Å²) in [5.41, 5.74) is 1.12. The van der Waals surface area contributed by atoms with Gasteiger partial charge in [-0.25, -0.2) is 0 Å². The lowest BCUT2D eigenvalue weighted by atomic mass is 9.95. The minimum absolute atomic E-state index is 0.619. The summed E-state index contributed by atoms with van der Waals surface area (Å²) in [5, 5.41) is 4.33. The lowest BCUT2D eigenvalue weighted by Crippen LogP contribution is -2.22. The first-order valence-electron chi connectivity index (χ1n) is 5.48. The Morgan fingerprint density at radius 2 is 1.93 bits per heavy atom. The summed E-state index contributed by atoms with van der Waals surface area (Å²) in [6.45, 7) is 0. The van der Waals surface area contributed by atoms with Gasteiger partial charge in [-0.1, -0.05) is 36.9 Å². The van der Waals surface area contributed by atoms with Crippen molar-refractivity contribution in [3.63, 3.8) is 0 Å². The van der Waals surface area contributed by atoms with E-state index in [9.17, 15) is 0 Å². The topological polar surface area (TPSA) is 12.0 Å². The van der Waals surface area contributed by atoms with E-state index >= 15 is 0 Å². The van der Waals surface area contributed by atoms with Crippen LogP contribution in [0.2, 0.25) is 5.02 Å². The molecule has 0 aliphatic heterocycles. The molecule has 2 rings (SSSR count). The summed E-state index contributed by atoms with van der Waals surface area (Å²) >= 11 is 9.56. The Hall–Kier alpha value is -0.210. The maximum atomic E-state index is 6.04. The van der Waals surface area contributed by atoms with Crippen LogP contribution < -0.4 is 5.32 Å². The van der Waals surface area contributed by atoms with Crippen LogP contribution in [0.3, 0.4) is 0 Å². The number of rotatable bonds is 2. The lowest BCUT2D eigenvalue weighted by molar-refractivity contribution is 0.462. The highest BCUT2D eigenvalue weighted by atomic mass is 79.9. The Morgan fingerprint density at radius 1 is 1.20 bits per heavy atom. The van der Waals surface area contributed by atoms with Gasteiger partial charge in [0.25, 0.3) is 0 Å². The number of anilines is 1. The zero-order valence-electron chi connectivity index (χ0n) is 8.60. The fourth-order valence-corrected chi connectivity index (χ4v) is 2.64. The number of benzene rings is 1. The van der Waals surface area contributed by atoms with Crippen LogP contribution in [0.1, 0.15) is 32.1 Å². The van der Waals surface area contributed by atoms with Crippen molar-refractivity contribution in [2.75, 3.05) is 5.32 Å². The van der Waals surface area contributed by atoms with Gasteiger partial charge in [0.15, 0.2) is 0 Å². The summed E-state index contributed by atoms with van der Waals surface area (Å²) in [7, 11) is 0. The van der Waals surface area contributed by atoms with E-state index in [1.165, 1.54) is 32.1 Å². The molecule has 0 amide bonds. The summed E-state index contributed by atoms with van der Waals surface area (Å²) in [6, 6.07) is 6.58. The fraction of sp³-hybridized carbons (Fsp3) is 0.500. The summed E-state index contributed by atoms with van der Waals surface area (Å²) in [4.78, 5) is 0. The Morgan fingerprint density at radius 3 is 2.67 bits per heavy atom. The summed E-state index contributed by atoms with van der Waals surface area (Å²) in [5.74, 6) is 0. The summed E-state index contributed by atoms with van der Waals surface area (Å²) in [6.07, 6.45) is 6.62. The molecule has 1 saturated carbocycles. The van der Waals surface area contributed by atoms with Crippen LogP contribution in [0.5, 0.6) is 0 Å². The first kappa shape index (κ1) is 11.3. The average molecular weight is 289 g/mol. The van der Waals surface area contributed by atoms with Crippen LogP contribution in [0, 0.1) is 0 Å². The Bertz CT molecular complexity index is 334. The second kappa shape index (κ2) is 5.22. The zero-order valence-corrected chi connectivity index (χ0v) is 10.9. The Kier molecular flexibility index (Phi) is 3.92. The van der Waals surface area contributed by atoms with Gasteiger partial charge in [-0.05, 0) is 40.9 Å². The molecule has 0 bridgehead atoms. The van der Waals surface area contributed by atoms with E-state index in [-0.39, 0.29) is 0 Å². The van der Waals surface area contributed by atoms with Gasteiger partial charge in [0.2, 0.25) is 0 Å². The van der Waals surface area contributed by atoms with Gasteiger partial charge in [-0.2, -0.15) is 0 Å². The molecule has 1 aliphatic rings. The zero-order chi connectivity index (χ0) is 10.7. The van der Waals surface area contributed by atoms with E-state index in [2.05, 4.69) is 27.3 Å². The van der Waals surface area contributed by atoms with E-state index < -0.39 is 0 Å². The molecule has 1 N–H and O–H groups in total. The van der Waals surface area contributed by atoms with E-state index in [4.69, 9.17) is 11.6 Å². The van der Waals surface area contributed by atoms with Crippen LogP contribution in [-0.2, 0) is 0 Å². The number of halogens is 2. The first-order chi connectivity index (χ1) is 7.27. The van der Waals surface area contributed by atoms with Gasteiger partial charge >= 0.3 is 0 Å². The van der Waals surface area contributed by atoms with Crippen molar-refractivity contribution in [3.8, 4) is 0 Å². The van der Waals surface area contributed by atoms with Crippen molar-refractivity contribution >= 4 is 33.2 Å². The van der Waals surface area contributed by atoms with Gasteiger partial charge in [-0.3, -0.25) is 0 Å². The highest BCUT2D eigenvalue weighted by Crippen LogP contribution is 2.32. The molecule has 1 aromatic carbocycles. The largest absolute Gasteiger partial charge is 0.381 e. The Labute approximate surface area is 104 Å². The van der Waals surface area contributed by atoms with E-state index in [1.54, 1.807) is 0 Å². The second-order valence-electron chi connectivity index (χ2n) is 4.08. The monoisotopic (exact) mass is 287 g/mol. The van der Waals surface area contributed by atoms with Crippen molar-refractivity contribution < 1.29 is 0 Å². The van der Waals surface area contributed by atoms with Gasteiger partial charge < -0.3 is 5.32 Å². The molecule has 0 aromatic heterocycles. The van der Waals surface area contributed by atoms with Crippen molar-refractivity contribution in [1.29, 1.82) is 0 Å². The Balaban J connectivity index is 2.06. The van der Waals surface area contributed by atoms with E-state index in [0.717, 1.165) is 15.2 Å². The molecule has 0 spiro atoms. The van der Waals surface area contributed by atoms with Crippen molar-refractivity contribution in [2.24, 2.45) is 0 Å². The molecule has 82 valence electrons. The maximum absolute atomic E-state index is 6.04. The predicted octanol–water partition coefficient (Wildman–Crippen LogP) is 4.85. The average Bonchev–Trinajstić information content (AvgIpc) is 2.26. The molecule has 1 fully saturated rings. The highest BCUT2D eigenvalue weighted by molar-refractivity contribution is 9.10. The molecule has 1 aliphatic carbocycles. The van der Waals surface area contributed by atoms with Crippen LogP contribution in [0.15, 0.2) is 22.7 Å². The fourth-order valence-electron chi connectivity index (χ4n) is 2.08. The van der Waals surface area contributed by atoms with Crippen molar-refractivity contribution in [1.82, 2.24) is 0 Å². The molecule has 0 radical (unpaired) electrons. The van der Waals surface area contributed by atoms with Gasteiger partial charge in [-0.15, -0.1) is 0 Å². The number of nitrogens with one attached hydrogen (secondary N) is 1. The van der Waals surface area contributed by atoms with Crippen LogP contribution in [-0.4, -0.2) is 6.04 Å². The minimum atomic E-state index is 0.619. The smallest absolute Gasteiger partial charge is 0.0593 e. The molecule has 3 heteroatoms. The normalized spacial score (nSPS) is 17.7. The molecule has 0 atom stereocenters. The quantitative estimate of drug-likeness (QED) is 0.820. The molecule has 1 aromatic rings. The third-order valence-corrected chi connectivity index (χ3v) is 4.31. The number of hydrogen-bond donors (Lipinski definition) is 1. The molecule has 0 heterocycles. The second-order valence-corrected chi connectivity index (χ2v) is 5.28. The summed E-state index contributed by atoms with van der Waals surface area (Å²) < 4.78 is 0.984. The molecule has 0 saturated heterocycles. The van der Waals surface area contributed by atoms with Crippen molar-refractivity contribution in [3.05, 3.63) is 27.7 Å². The SMILES string of the molecule is Clc1cccc(NC2CCCCC2)c1Br. The van der Waals surface area contributed by atoms with E-state index in [0.29, 0.717) is 6.04 Å². The lowest BCUT2D eigenvalue weighted by Gasteiger charge is -2.24. The van der Waals surface area contributed by atoms with Gasteiger partial charge in [0, 0.05) is 6.04 Å². The molecular weight excluding hydrogens is 273 g/mol. The van der Waals surface area contributed by atoms with Gasteiger partial charge in [0.05, 0.1) is 15.2 Å². The van der Waals surface area contributed by atoms with Crippen LogP contribution in [0.25, 0.3) is 0 Å². The van der Waals surface area contributed by atoms with E-state index in [1.807, 2.05) is 12.1 Å². The standard InChI is InChI=1S/C12H15BrClN/c13-12-10(14)7-4-8-11(12)15-9-5-2-1-3-6-9/h4,7-9,15H,1-3,5-6H2. The van der Waals surface area contributed by atoms with Crippen LogP contribution in [0.4, 0.5) is 5.69 Å². The van der Waals surface area contributed by atoms with Crippen LogP contribution >= 0.6 is 27.5 Å². The first-order valence-corrected chi connectivity index (χ1v) is 6.65. The molecule has 1 nitrogen and oxygen atoms in total. The molecule has 15 heavy (non-hydrogen) atoms. The van der Waals surface area contributed by atoms with Gasteiger partial charge in [0.1, 0.15) is 0 Å². The van der Waals surface area contributed by atoms with Crippen molar-refractivity contribution in [2.45, 2.75) is 38.1 Å². The number of hydrogen-bond acceptors (Lipinski definition) is 1. The minimum Gasteiger partial charge on any atom is -0.381 e. The third kappa shape index (κ3) is 2.88. The molecule has 0 unspecified atom stereocenters. The third-order valence-electron chi connectivity index (χ3n) is 2.92. The molecular formula is C12H15BrClN. The maximum Gasteiger partial charge on any atom is 0.0593 e.